The highest BCUT2D eigenvalue weighted by molar-refractivity contribution is 5.94. The van der Waals surface area contributed by atoms with Crippen molar-refractivity contribution in [3.8, 4) is 22.8 Å². The van der Waals surface area contributed by atoms with E-state index in [1.807, 2.05) is 19.9 Å². The van der Waals surface area contributed by atoms with E-state index >= 15 is 0 Å². The van der Waals surface area contributed by atoms with Crippen LogP contribution in [0, 0.1) is 11.7 Å². The summed E-state index contributed by atoms with van der Waals surface area (Å²) in [4.78, 5) is 14.6. The van der Waals surface area contributed by atoms with Crippen LogP contribution in [-0.2, 0) is 6.54 Å². The van der Waals surface area contributed by atoms with Crippen molar-refractivity contribution in [1.29, 1.82) is 0 Å². The van der Waals surface area contributed by atoms with Gasteiger partial charge in [0.2, 0.25) is 0 Å². The van der Waals surface area contributed by atoms with E-state index in [1.54, 1.807) is 43.4 Å². The number of rotatable bonds is 8. The maximum Gasteiger partial charge on any atom is 0.254 e. The fourth-order valence-corrected chi connectivity index (χ4v) is 3.18. The van der Waals surface area contributed by atoms with Crippen LogP contribution in [0.5, 0.6) is 11.5 Å². The Bertz CT molecular complexity index is 1020. The lowest BCUT2D eigenvalue weighted by Crippen LogP contribution is -2.33. The molecule has 0 unspecified atom stereocenters. The maximum atomic E-state index is 13.6. The number of hydrogen-bond acceptors (Lipinski definition) is 5. The molecule has 2 aromatic carbocycles. The van der Waals surface area contributed by atoms with Gasteiger partial charge in [-0.1, -0.05) is 25.1 Å². The van der Waals surface area contributed by atoms with Crippen LogP contribution in [0.1, 0.15) is 29.9 Å². The molecule has 30 heavy (non-hydrogen) atoms. The van der Waals surface area contributed by atoms with Crippen LogP contribution in [0.15, 0.2) is 53.1 Å². The zero-order valence-electron chi connectivity index (χ0n) is 17.5. The van der Waals surface area contributed by atoms with Crippen LogP contribution in [-0.4, -0.2) is 36.7 Å². The maximum absolute atomic E-state index is 13.6. The molecule has 0 bridgehead atoms. The number of amides is 1. The molecule has 1 aromatic heterocycles. The van der Waals surface area contributed by atoms with Gasteiger partial charge in [0.25, 0.3) is 5.91 Å². The molecule has 3 aromatic rings. The predicted octanol–water partition coefficient (Wildman–Crippen LogP) is 4.80. The first-order valence-corrected chi connectivity index (χ1v) is 9.64. The Balaban J connectivity index is 1.85. The smallest absolute Gasteiger partial charge is 0.254 e. The van der Waals surface area contributed by atoms with Crippen molar-refractivity contribution in [2.24, 2.45) is 5.92 Å². The van der Waals surface area contributed by atoms with Gasteiger partial charge in [0.05, 0.1) is 26.3 Å². The molecule has 7 heteroatoms. The Morgan fingerprint density at radius 2 is 1.93 bits per heavy atom. The van der Waals surface area contributed by atoms with Crippen LogP contribution in [0.3, 0.4) is 0 Å². The lowest BCUT2D eigenvalue weighted by molar-refractivity contribution is 0.0718. The molecule has 0 aliphatic carbocycles. The second-order valence-electron chi connectivity index (χ2n) is 7.34. The van der Waals surface area contributed by atoms with Crippen molar-refractivity contribution in [1.82, 2.24) is 10.1 Å². The first-order valence-electron chi connectivity index (χ1n) is 9.64. The zero-order chi connectivity index (χ0) is 21.7. The van der Waals surface area contributed by atoms with Gasteiger partial charge in [-0.05, 0) is 36.2 Å². The van der Waals surface area contributed by atoms with Gasteiger partial charge < -0.3 is 18.9 Å². The van der Waals surface area contributed by atoms with E-state index in [1.165, 1.54) is 18.2 Å². The van der Waals surface area contributed by atoms with Gasteiger partial charge in [0.1, 0.15) is 23.0 Å². The normalized spacial score (nSPS) is 10.9. The summed E-state index contributed by atoms with van der Waals surface area (Å²) in [5, 5.41) is 4.12. The third-order valence-electron chi connectivity index (χ3n) is 4.53. The van der Waals surface area contributed by atoms with E-state index in [9.17, 15) is 9.18 Å². The standard InChI is InChI=1S/C23H25FN2O4/c1-15(2)13-26(23(27)16-6-5-7-17(24)10-16)14-18-11-22(30-25-18)20-9-8-19(28-3)12-21(20)29-4/h5-12,15H,13-14H2,1-4H3. The van der Waals surface area contributed by atoms with E-state index < -0.39 is 5.82 Å². The molecule has 0 radical (unpaired) electrons. The van der Waals surface area contributed by atoms with Crippen LogP contribution in [0.2, 0.25) is 0 Å². The minimum Gasteiger partial charge on any atom is -0.497 e. The van der Waals surface area contributed by atoms with Crippen LogP contribution < -0.4 is 9.47 Å². The van der Waals surface area contributed by atoms with E-state index in [4.69, 9.17) is 14.0 Å². The van der Waals surface area contributed by atoms with E-state index in [-0.39, 0.29) is 18.4 Å². The highest BCUT2D eigenvalue weighted by Gasteiger charge is 2.21. The van der Waals surface area contributed by atoms with Gasteiger partial charge >= 0.3 is 0 Å². The summed E-state index contributed by atoms with van der Waals surface area (Å²) in [6, 6.07) is 12.9. The second-order valence-corrected chi connectivity index (χ2v) is 7.34. The third-order valence-corrected chi connectivity index (χ3v) is 4.53. The lowest BCUT2D eigenvalue weighted by Gasteiger charge is -2.23. The number of carbonyl (C=O) groups is 1. The molecule has 158 valence electrons. The van der Waals surface area contributed by atoms with Gasteiger partial charge in [-0.15, -0.1) is 0 Å². The number of aromatic nitrogens is 1. The topological polar surface area (TPSA) is 64.8 Å². The first-order chi connectivity index (χ1) is 14.4. The summed E-state index contributed by atoms with van der Waals surface area (Å²) in [7, 11) is 3.15. The number of halogens is 1. The molecule has 0 aliphatic rings. The molecule has 0 aliphatic heterocycles. The Hall–Kier alpha value is -3.35. The van der Waals surface area contributed by atoms with Gasteiger partial charge in [-0.3, -0.25) is 4.79 Å². The molecular weight excluding hydrogens is 387 g/mol. The zero-order valence-corrected chi connectivity index (χ0v) is 17.5. The summed E-state index contributed by atoms with van der Waals surface area (Å²) in [5.74, 6) is 1.31. The van der Waals surface area contributed by atoms with Crippen molar-refractivity contribution in [3.05, 3.63) is 65.6 Å². The van der Waals surface area contributed by atoms with E-state index in [2.05, 4.69) is 5.16 Å². The largest absolute Gasteiger partial charge is 0.497 e. The molecule has 0 fully saturated rings. The molecule has 0 saturated carbocycles. The minimum atomic E-state index is -0.444. The van der Waals surface area contributed by atoms with Crippen molar-refractivity contribution < 1.29 is 23.2 Å². The van der Waals surface area contributed by atoms with Crippen molar-refractivity contribution in [3.63, 3.8) is 0 Å². The molecule has 1 amide bonds. The average Bonchev–Trinajstić information content (AvgIpc) is 3.20. The molecule has 0 N–H and O–H groups in total. The number of nitrogens with zero attached hydrogens (tertiary/aromatic N) is 2. The summed E-state index contributed by atoms with van der Waals surface area (Å²) in [6.07, 6.45) is 0. The quantitative estimate of drug-likeness (QED) is 0.532. The molecule has 6 nitrogen and oxygen atoms in total. The van der Waals surface area contributed by atoms with E-state index in [0.29, 0.717) is 35.1 Å². The third kappa shape index (κ3) is 4.97. The second kappa shape index (κ2) is 9.43. The average molecular weight is 412 g/mol. The number of benzene rings is 2. The molecule has 0 atom stereocenters. The van der Waals surface area contributed by atoms with Crippen LogP contribution in [0.4, 0.5) is 4.39 Å². The summed E-state index contributed by atoms with van der Waals surface area (Å²) in [5.41, 5.74) is 1.62. The number of hydrogen-bond donors (Lipinski definition) is 0. The Morgan fingerprint density at radius 1 is 1.13 bits per heavy atom. The Labute approximate surface area is 175 Å². The number of carbonyl (C=O) groups excluding carboxylic acids is 1. The predicted molar refractivity (Wildman–Crippen MR) is 111 cm³/mol. The van der Waals surface area contributed by atoms with Crippen molar-refractivity contribution in [2.45, 2.75) is 20.4 Å². The highest BCUT2D eigenvalue weighted by Crippen LogP contribution is 2.33. The highest BCUT2D eigenvalue weighted by atomic mass is 19.1. The fourth-order valence-electron chi connectivity index (χ4n) is 3.18. The fraction of sp³-hybridized carbons (Fsp3) is 0.304. The van der Waals surface area contributed by atoms with Crippen molar-refractivity contribution >= 4 is 5.91 Å². The number of ether oxygens (including phenoxy) is 2. The monoisotopic (exact) mass is 412 g/mol. The lowest BCUT2D eigenvalue weighted by atomic mass is 10.1. The van der Waals surface area contributed by atoms with Crippen molar-refractivity contribution in [2.75, 3.05) is 20.8 Å². The number of methoxy groups -OCH3 is 2. The van der Waals surface area contributed by atoms with Gasteiger partial charge in [0.15, 0.2) is 5.76 Å². The molecule has 1 heterocycles. The van der Waals surface area contributed by atoms with Gasteiger partial charge in [0, 0.05) is 24.2 Å². The Kier molecular flexibility index (Phi) is 6.72. The SMILES string of the molecule is COc1ccc(-c2cc(CN(CC(C)C)C(=O)c3cccc(F)c3)no2)c(OC)c1. The summed E-state index contributed by atoms with van der Waals surface area (Å²) < 4.78 is 29.7. The Morgan fingerprint density at radius 3 is 2.60 bits per heavy atom. The van der Waals surface area contributed by atoms with Gasteiger partial charge in [-0.2, -0.15) is 0 Å². The van der Waals surface area contributed by atoms with E-state index in [0.717, 1.165) is 5.56 Å². The molecular formula is C23H25FN2O4. The summed E-state index contributed by atoms with van der Waals surface area (Å²) >= 11 is 0. The summed E-state index contributed by atoms with van der Waals surface area (Å²) in [6.45, 7) is 4.78. The first kappa shape index (κ1) is 21.4. The minimum absolute atomic E-state index is 0.232. The molecule has 0 spiro atoms. The molecule has 0 saturated heterocycles. The van der Waals surface area contributed by atoms with Gasteiger partial charge in [-0.25, -0.2) is 4.39 Å². The van der Waals surface area contributed by atoms with Crippen LogP contribution in [0.25, 0.3) is 11.3 Å². The molecule has 3 rings (SSSR count). The van der Waals surface area contributed by atoms with Crippen LogP contribution >= 0.6 is 0 Å².